The molecule has 2 aromatic carbocycles. The van der Waals surface area contributed by atoms with E-state index in [1.165, 1.54) is 12.1 Å². The summed E-state index contributed by atoms with van der Waals surface area (Å²) in [4.78, 5) is 22.5. The van der Waals surface area contributed by atoms with Gasteiger partial charge in [0.2, 0.25) is 0 Å². The number of piperazine rings is 1. The summed E-state index contributed by atoms with van der Waals surface area (Å²) in [5, 5.41) is 12.1. The standard InChI is InChI=1S/C31H34FN5O2/c1-22(2)37-15-14-27(23-6-8-24(32)9-7-23)30(37)28-4-3-5-29(34-28)31(39)33-25-10-12-26(13-11-25)36-18-16-35(17-19-36)20-21-38/h3-15,22,38H,16-21H2,1-2H3,(H,33,39). The van der Waals surface area contributed by atoms with Gasteiger partial charge in [0, 0.05) is 61.9 Å². The molecule has 0 spiro atoms. The number of aliphatic hydroxyl groups excluding tert-OH is 1. The largest absolute Gasteiger partial charge is 0.395 e. The molecule has 1 aliphatic heterocycles. The molecular formula is C31H34FN5O2. The molecule has 0 unspecified atom stereocenters. The van der Waals surface area contributed by atoms with Crippen LogP contribution in [0.5, 0.6) is 0 Å². The first-order chi connectivity index (χ1) is 18.9. The van der Waals surface area contributed by atoms with Gasteiger partial charge >= 0.3 is 0 Å². The first-order valence-electron chi connectivity index (χ1n) is 13.4. The maximum atomic E-state index is 13.6. The van der Waals surface area contributed by atoms with Crippen LogP contribution in [0.15, 0.2) is 79.0 Å². The van der Waals surface area contributed by atoms with Crippen LogP contribution in [-0.4, -0.2) is 64.8 Å². The maximum Gasteiger partial charge on any atom is 0.274 e. The van der Waals surface area contributed by atoms with Crippen molar-refractivity contribution in [1.29, 1.82) is 0 Å². The SMILES string of the molecule is CC(C)n1ccc(-c2ccc(F)cc2)c1-c1cccc(C(=O)Nc2ccc(N3CCN(CCO)CC3)cc2)n1. The number of hydrogen-bond acceptors (Lipinski definition) is 5. The van der Waals surface area contributed by atoms with Crippen LogP contribution < -0.4 is 10.2 Å². The van der Waals surface area contributed by atoms with Gasteiger partial charge in [-0.15, -0.1) is 0 Å². The van der Waals surface area contributed by atoms with Crippen LogP contribution in [0.25, 0.3) is 22.5 Å². The highest BCUT2D eigenvalue weighted by atomic mass is 19.1. The molecule has 2 N–H and O–H groups in total. The van der Waals surface area contributed by atoms with Crippen LogP contribution in [0, 0.1) is 5.82 Å². The molecule has 1 saturated heterocycles. The number of aromatic nitrogens is 2. The highest BCUT2D eigenvalue weighted by molar-refractivity contribution is 6.03. The molecule has 2 aromatic heterocycles. The molecule has 0 atom stereocenters. The van der Waals surface area contributed by atoms with Gasteiger partial charge in [0.05, 0.1) is 18.0 Å². The number of anilines is 2. The van der Waals surface area contributed by atoms with Gasteiger partial charge in [-0.05, 0) is 74.0 Å². The molecule has 1 aliphatic rings. The quantitative estimate of drug-likeness (QED) is 0.325. The zero-order valence-electron chi connectivity index (χ0n) is 22.3. The van der Waals surface area contributed by atoms with E-state index in [-0.39, 0.29) is 24.4 Å². The number of hydrogen-bond donors (Lipinski definition) is 2. The Morgan fingerprint density at radius 3 is 2.36 bits per heavy atom. The van der Waals surface area contributed by atoms with E-state index in [0.717, 1.165) is 48.7 Å². The van der Waals surface area contributed by atoms with Crippen molar-refractivity contribution in [3.05, 3.63) is 90.5 Å². The second-order valence-corrected chi connectivity index (χ2v) is 10.0. The van der Waals surface area contributed by atoms with Gasteiger partial charge in [0.15, 0.2) is 0 Å². The van der Waals surface area contributed by atoms with Crippen LogP contribution in [0.2, 0.25) is 0 Å². The van der Waals surface area contributed by atoms with E-state index >= 15 is 0 Å². The number of pyridine rings is 1. The number of β-amino-alcohol motifs (C(OH)–C–C–N with tert-alkyl or cyclic N) is 1. The maximum absolute atomic E-state index is 13.6. The number of carbonyl (C=O) groups is 1. The Hall–Kier alpha value is -4.01. The van der Waals surface area contributed by atoms with E-state index < -0.39 is 0 Å². The Morgan fingerprint density at radius 1 is 0.974 bits per heavy atom. The van der Waals surface area contributed by atoms with Crippen LogP contribution in [0.4, 0.5) is 15.8 Å². The van der Waals surface area contributed by atoms with Gasteiger partial charge in [-0.3, -0.25) is 9.69 Å². The summed E-state index contributed by atoms with van der Waals surface area (Å²) in [5.74, 6) is -0.567. The topological polar surface area (TPSA) is 73.6 Å². The fourth-order valence-corrected chi connectivity index (χ4v) is 5.03. The Morgan fingerprint density at radius 2 is 1.69 bits per heavy atom. The summed E-state index contributed by atoms with van der Waals surface area (Å²) in [6.07, 6.45) is 2.00. The molecule has 5 rings (SSSR count). The van der Waals surface area contributed by atoms with Crippen molar-refractivity contribution in [2.24, 2.45) is 0 Å². The number of amides is 1. The lowest BCUT2D eigenvalue weighted by molar-refractivity contribution is 0.102. The molecule has 8 heteroatoms. The predicted octanol–water partition coefficient (Wildman–Crippen LogP) is 5.30. The van der Waals surface area contributed by atoms with Crippen molar-refractivity contribution in [2.75, 3.05) is 49.5 Å². The molecule has 3 heterocycles. The summed E-state index contributed by atoms with van der Waals surface area (Å²) in [6, 6.07) is 21.9. The number of nitrogens with zero attached hydrogens (tertiary/aromatic N) is 4. The van der Waals surface area contributed by atoms with Gasteiger partial charge in [-0.2, -0.15) is 0 Å². The molecule has 0 bridgehead atoms. The fourth-order valence-electron chi connectivity index (χ4n) is 5.03. The van der Waals surface area contributed by atoms with Crippen molar-refractivity contribution < 1.29 is 14.3 Å². The average molecular weight is 528 g/mol. The van der Waals surface area contributed by atoms with Crippen molar-refractivity contribution >= 4 is 17.3 Å². The van der Waals surface area contributed by atoms with E-state index in [0.29, 0.717) is 23.6 Å². The molecule has 39 heavy (non-hydrogen) atoms. The van der Waals surface area contributed by atoms with E-state index in [1.807, 2.05) is 48.7 Å². The average Bonchev–Trinajstić information content (AvgIpc) is 3.40. The number of aliphatic hydroxyl groups is 1. The Bertz CT molecular complexity index is 1410. The highest BCUT2D eigenvalue weighted by Crippen LogP contribution is 2.34. The number of rotatable bonds is 8. The van der Waals surface area contributed by atoms with E-state index in [9.17, 15) is 9.18 Å². The zero-order chi connectivity index (χ0) is 27.4. The fraction of sp³-hybridized carbons (Fsp3) is 0.290. The van der Waals surface area contributed by atoms with E-state index in [4.69, 9.17) is 10.1 Å². The van der Waals surface area contributed by atoms with E-state index in [1.54, 1.807) is 18.2 Å². The first-order valence-corrected chi connectivity index (χ1v) is 13.4. The van der Waals surface area contributed by atoms with Gasteiger partial charge in [0.25, 0.3) is 5.91 Å². The molecule has 0 saturated carbocycles. The number of carbonyl (C=O) groups excluding carboxylic acids is 1. The van der Waals surface area contributed by atoms with Crippen molar-refractivity contribution in [3.8, 4) is 22.5 Å². The molecule has 1 amide bonds. The number of nitrogens with one attached hydrogen (secondary N) is 1. The molecule has 4 aromatic rings. The van der Waals surface area contributed by atoms with E-state index in [2.05, 4.69) is 33.5 Å². The lowest BCUT2D eigenvalue weighted by Gasteiger charge is -2.35. The molecular weight excluding hydrogens is 493 g/mol. The minimum atomic E-state index is -0.284. The molecule has 0 radical (unpaired) electrons. The summed E-state index contributed by atoms with van der Waals surface area (Å²) < 4.78 is 15.7. The van der Waals surface area contributed by atoms with Gasteiger partial charge in [-0.1, -0.05) is 18.2 Å². The third-order valence-electron chi connectivity index (χ3n) is 7.13. The second kappa shape index (κ2) is 11.8. The molecule has 0 aliphatic carbocycles. The van der Waals surface area contributed by atoms with Crippen LogP contribution >= 0.6 is 0 Å². The third kappa shape index (κ3) is 6.02. The molecule has 1 fully saturated rings. The Balaban J connectivity index is 1.33. The normalized spacial score (nSPS) is 14.1. The van der Waals surface area contributed by atoms with Crippen LogP contribution in [0.1, 0.15) is 30.4 Å². The summed E-state index contributed by atoms with van der Waals surface area (Å²) in [6.45, 7) is 8.73. The smallest absolute Gasteiger partial charge is 0.274 e. The number of halogens is 1. The van der Waals surface area contributed by atoms with Gasteiger partial charge < -0.3 is 19.9 Å². The van der Waals surface area contributed by atoms with Gasteiger partial charge in [-0.25, -0.2) is 9.37 Å². The van der Waals surface area contributed by atoms with Crippen LogP contribution in [0.3, 0.4) is 0 Å². The lowest BCUT2D eigenvalue weighted by atomic mass is 10.0. The highest BCUT2D eigenvalue weighted by Gasteiger charge is 2.19. The summed E-state index contributed by atoms with van der Waals surface area (Å²) in [7, 11) is 0. The van der Waals surface area contributed by atoms with Crippen molar-refractivity contribution in [2.45, 2.75) is 19.9 Å². The minimum absolute atomic E-state index is 0.171. The first kappa shape index (κ1) is 26.6. The predicted molar refractivity (Wildman–Crippen MR) is 154 cm³/mol. The summed E-state index contributed by atoms with van der Waals surface area (Å²) in [5.41, 5.74) is 5.51. The second-order valence-electron chi connectivity index (χ2n) is 10.0. The Labute approximate surface area is 228 Å². The zero-order valence-corrected chi connectivity index (χ0v) is 22.3. The minimum Gasteiger partial charge on any atom is -0.395 e. The Kier molecular flexibility index (Phi) is 8.05. The van der Waals surface area contributed by atoms with Crippen LogP contribution in [-0.2, 0) is 0 Å². The third-order valence-corrected chi connectivity index (χ3v) is 7.13. The monoisotopic (exact) mass is 527 g/mol. The number of benzene rings is 2. The van der Waals surface area contributed by atoms with Crippen molar-refractivity contribution in [1.82, 2.24) is 14.5 Å². The molecule has 202 valence electrons. The lowest BCUT2D eigenvalue weighted by Crippen LogP contribution is -2.47. The van der Waals surface area contributed by atoms with Gasteiger partial charge in [0.1, 0.15) is 11.5 Å². The summed E-state index contributed by atoms with van der Waals surface area (Å²) >= 11 is 0. The van der Waals surface area contributed by atoms with Crippen molar-refractivity contribution in [3.63, 3.8) is 0 Å². The molecule has 7 nitrogen and oxygen atoms in total.